The lowest BCUT2D eigenvalue weighted by Gasteiger charge is -2.09. The average molecular weight is 1030 g/mol. The van der Waals surface area contributed by atoms with E-state index in [-0.39, 0.29) is 12.8 Å². The number of unbranched alkanes of at least 4 members (excludes halogenated alkanes) is 28. The van der Waals surface area contributed by atoms with Crippen LogP contribution in [0.3, 0.4) is 0 Å². The number of esters is 4. The molecule has 0 atom stereocenters. The van der Waals surface area contributed by atoms with Crippen molar-refractivity contribution in [3.05, 3.63) is 108 Å². The fourth-order valence-electron chi connectivity index (χ4n) is 8.91. The van der Waals surface area contributed by atoms with Crippen LogP contribution in [0.2, 0.25) is 0 Å². The number of hydrogen-bond acceptors (Lipinski definition) is 10. The van der Waals surface area contributed by atoms with Crippen molar-refractivity contribution < 1.29 is 47.6 Å². The first-order valence-corrected chi connectivity index (χ1v) is 29.3. The van der Waals surface area contributed by atoms with Crippen molar-refractivity contribution in [2.75, 3.05) is 13.2 Å². The van der Waals surface area contributed by atoms with Crippen molar-refractivity contribution in [3.8, 4) is 34.5 Å². The van der Waals surface area contributed by atoms with Crippen LogP contribution in [-0.2, 0) is 9.59 Å². The van der Waals surface area contributed by atoms with Crippen molar-refractivity contribution in [1.82, 2.24) is 0 Å². The molecule has 0 aliphatic carbocycles. The van der Waals surface area contributed by atoms with E-state index in [0.29, 0.717) is 66.6 Å². The molecule has 0 fully saturated rings. The van der Waals surface area contributed by atoms with Gasteiger partial charge in [0.15, 0.2) is 0 Å². The second-order valence-electron chi connectivity index (χ2n) is 20.2. The van der Waals surface area contributed by atoms with Gasteiger partial charge < -0.3 is 28.4 Å². The smallest absolute Gasteiger partial charge is 0.343 e. The molecule has 0 bridgehead atoms. The van der Waals surface area contributed by atoms with Crippen molar-refractivity contribution in [2.45, 2.75) is 226 Å². The Morgan fingerprint density at radius 1 is 0.267 bits per heavy atom. The minimum absolute atomic E-state index is 0.183. The van der Waals surface area contributed by atoms with Gasteiger partial charge in [0.25, 0.3) is 0 Å². The Hall–Kier alpha value is -5.64. The molecule has 0 amide bonds. The third-order valence-electron chi connectivity index (χ3n) is 13.5. The average Bonchev–Trinajstić information content (AvgIpc) is 3.42. The van der Waals surface area contributed by atoms with Crippen LogP contribution in [-0.4, -0.2) is 37.1 Å². The standard InChI is InChI=1S/C65H92O10/c1-3-5-7-9-11-13-15-17-19-21-23-25-27-32-52-70-56-40-36-54(37-41-56)64(68)74-60-48-44-58(45-49-60)72-62(66)34-30-29-31-35-63(67)73-59-46-50-61(51-47-59)75-65(69)55-38-42-57(43-39-55)71-53-33-28-26-24-22-20-18-16-14-12-10-8-6-4-2/h36-51H,3-35,52-53H2,1-2H3. The van der Waals surface area contributed by atoms with E-state index in [1.807, 2.05) is 0 Å². The molecule has 0 aromatic heterocycles. The lowest BCUT2D eigenvalue weighted by Crippen LogP contribution is -2.10. The Kier molecular flexibility index (Phi) is 33.5. The maximum absolute atomic E-state index is 12.8. The van der Waals surface area contributed by atoms with Gasteiger partial charge in [0, 0.05) is 12.8 Å². The van der Waals surface area contributed by atoms with Gasteiger partial charge in [0.05, 0.1) is 24.3 Å². The molecule has 0 saturated carbocycles. The highest BCUT2D eigenvalue weighted by molar-refractivity contribution is 5.91. The molecule has 0 aliphatic heterocycles. The molecule has 0 N–H and O–H groups in total. The summed E-state index contributed by atoms with van der Waals surface area (Å²) in [6, 6.07) is 26.6. The largest absolute Gasteiger partial charge is 0.494 e. The summed E-state index contributed by atoms with van der Waals surface area (Å²) in [4.78, 5) is 50.5. The monoisotopic (exact) mass is 1030 g/mol. The maximum Gasteiger partial charge on any atom is 0.343 e. The van der Waals surface area contributed by atoms with Crippen LogP contribution < -0.4 is 28.4 Å². The highest BCUT2D eigenvalue weighted by Gasteiger charge is 2.13. The van der Waals surface area contributed by atoms with Crippen LogP contribution in [0.4, 0.5) is 0 Å². The first-order chi connectivity index (χ1) is 36.8. The molecule has 75 heavy (non-hydrogen) atoms. The third kappa shape index (κ3) is 29.9. The van der Waals surface area contributed by atoms with Gasteiger partial charge in [-0.1, -0.05) is 187 Å². The number of ether oxygens (including phenoxy) is 6. The summed E-state index contributed by atoms with van der Waals surface area (Å²) in [5.74, 6) is 1.02. The summed E-state index contributed by atoms with van der Waals surface area (Å²) >= 11 is 0. The highest BCUT2D eigenvalue weighted by Crippen LogP contribution is 2.24. The van der Waals surface area contributed by atoms with E-state index in [1.54, 1.807) is 97.1 Å². The quantitative estimate of drug-likeness (QED) is 0.0240. The third-order valence-corrected chi connectivity index (χ3v) is 13.5. The van der Waals surface area contributed by atoms with Crippen LogP contribution >= 0.6 is 0 Å². The Labute approximate surface area is 451 Å². The van der Waals surface area contributed by atoms with Gasteiger partial charge >= 0.3 is 23.9 Å². The minimum atomic E-state index is -0.494. The Morgan fingerprint density at radius 3 is 0.773 bits per heavy atom. The summed E-state index contributed by atoms with van der Waals surface area (Å²) in [6.07, 6.45) is 39.0. The molecule has 0 aliphatic rings. The van der Waals surface area contributed by atoms with Gasteiger partial charge in [-0.05, 0) is 123 Å². The van der Waals surface area contributed by atoms with E-state index in [2.05, 4.69) is 13.8 Å². The molecule has 10 heteroatoms. The zero-order valence-electron chi connectivity index (χ0n) is 46.1. The molecule has 0 unspecified atom stereocenters. The number of hydrogen-bond donors (Lipinski definition) is 0. The van der Waals surface area contributed by atoms with Crippen molar-refractivity contribution >= 4 is 23.9 Å². The van der Waals surface area contributed by atoms with Gasteiger partial charge in [-0.25, -0.2) is 9.59 Å². The predicted molar refractivity (Wildman–Crippen MR) is 302 cm³/mol. The minimum Gasteiger partial charge on any atom is -0.494 e. The van der Waals surface area contributed by atoms with Crippen LogP contribution in [0.15, 0.2) is 97.1 Å². The van der Waals surface area contributed by atoms with E-state index < -0.39 is 23.9 Å². The van der Waals surface area contributed by atoms with E-state index in [9.17, 15) is 19.2 Å². The number of rotatable bonds is 44. The lowest BCUT2D eigenvalue weighted by atomic mass is 10.0. The zero-order valence-corrected chi connectivity index (χ0v) is 46.1. The second kappa shape index (κ2) is 40.6. The zero-order chi connectivity index (χ0) is 53.2. The normalized spacial score (nSPS) is 11.0. The molecule has 10 nitrogen and oxygen atoms in total. The number of benzene rings is 4. The number of carbonyl (C=O) groups is 4. The van der Waals surface area contributed by atoms with Crippen LogP contribution in [0.1, 0.15) is 246 Å². The molecule has 0 saturated heterocycles. The fraction of sp³-hybridized carbons (Fsp3) is 0.569. The Balaban J connectivity index is 0.969. The molecular formula is C65H92O10. The lowest BCUT2D eigenvalue weighted by molar-refractivity contribution is -0.134. The first kappa shape index (κ1) is 61.9. The molecule has 4 aromatic carbocycles. The summed E-state index contributed by atoms with van der Waals surface area (Å²) in [5, 5.41) is 0. The van der Waals surface area contributed by atoms with E-state index in [4.69, 9.17) is 28.4 Å². The van der Waals surface area contributed by atoms with Gasteiger partial charge in [-0.15, -0.1) is 0 Å². The first-order valence-electron chi connectivity index (χ1n) is 29.3. The van der Waals surface area contributed by atoms with Gasteiger partial charge in [0.1, 0.15) is 34.5 Å². The van der Waals surface area contributed by atoms with Crippen LogP contribution in [0.5, 0.6) is 34.5 Å². The fourth-order valence-corrected chi connectivity index (χ4v) is 8.91. The molecule has 4 rings (SSSR count). The molecule has 0 heterocycles. The van der Waals surface area contributed by atoms with Gasteiger partial charge in [-0.2, -0.15) is 0 Å². The van der Waals surface area contributed by atoms with E-state index in [1.165, 1.54) is 154 Å². The van der Waals surface area contributed by atoms with E-state index >= 15 is 0 Å². The summed E-state index contributed by atoms with van der Waals surface area (Å²) in [7, 11) is 0. The molecule has 0 radical (unpaired) electrons. The van der Waals surface area contributed by atoms with Crippen LogP contribution in [0, 0.1) is 0 Å². The highest BCUT2D eigenvalue weighted by atomic mass is 16.5. The molecular weight excluding hydrogens is 941 g/mol. The second-order valence-corrected chi connectivity index (χ2v) is 20.2. The predicted octanol–water partition coefficient (Wildman–Crippen LogP) is 18.3. The Bertz CT molecular complexity index is 1950. The van der Waals surface area contributed by atoms with E-state index in [0.717, 1.165) is 37.2 Å². The number of carbonyl (C=O) groups excluding carboxylic acids is 4. The molecule has 0 spiro atoms. The summed E-state index contributed by atoms with van der Waals surface area (Å²) in [5.41, 5.74) is 0.815. The van der Waals surface area contributed by atoms with Crippen molar-refractivity contribution in [2.24, 2.45) is 0 Å². The van der Waals surface area contributed by atoms with Crippen molar-refractivity contribution in [1.29, 1.82) is 0 Å². The van der Waals surface area contributed by atoms with Crippen molar-refractivity contribution in [3.63, 3.8) is 0 Å². The Morgan fingerprint density at radius 2 is 0.493 bits per heavy atom. The van der Waals surface area contributed by atoms with Crippen LogP contribution in [0.25, 0.3) is 0 Å². The molecule has 412 valence electrons. The molecule has 4 aromatic rings. The SMILES string of the molecule is CCCCCCCCCCCCCCCCOc1ccc(C(=O)Oc2ccc(OC(=O)CCCCCC(=O)Oc3ccc(OC(=O)c4ccc(OCCCCCCCCCCCCCCCC)cc4)cc3)cc2)cc1. The summed E-state index contributed by atoms with van der Waals surface area (Å²) < 4.78 is 33.8. The van der Waals surface area contributed by atoms with Gasteiger partial charge in [-0.3, -0.25) is 9.59 Å². The maximum atomic E-state index is 12.8. The topological polar surface area (TPSA) is 124 Å². The van der Waals surface area contributed by atoms with Gasteiger partial charge in [0.2, 0.25) is 0 Å². The summed E-state index contributed by atoms with van der Waals surface area (Å²) in [6.45, 7) is 5.85.